The highest BCUT2D eigenvalue weighted by Gasteiger charge is 2.25. The summed E-state index contributed by atoms with van der Waals surface area (Å²) < 4.78 is 14.1. The van der Waals surface area contributed by atoms with E-state index in [1.54, 1.807) is 17.0 Å². The van der Waals surface area contributed by atoms with Gasteiger partial charge in [-0.05, 0) is 25.1 Å². The maximum absolute atomic E-state index is 14.1. The van der Waals surface area contributed by atoms with Crippen LogP contribution in [0, 0.1) is 11.7 Å². The fourth-order valence-corrected chi connectivity index (χ4v) is 2.56. The molecule has 0 radical (unpaired) electrons. The summed E-state index contributed by atoms with van der Waals surface area (Å²) in [5.41, 5.74) is 6.36. The van der Waals surface area contributed by atoms with Crippen molar-refractivity contribution in [3.05, 3.63) is 29.6 Å². The van der Waals surface area contributed by atoms with Crippen molar-refractivity contribution in [3.8, 4) is 0 Å². The fourth-order valence-electron chi connectivity index (χ4n) is 2.56. The first kappa shape index (κ1) is 22.6. The Balaban J connectivity index is 0.00000264. The van der Waals surface area contributed by atoms with Gasteiger partial charge < -0.3 is 15.5 Å². The lowest BCUT2D eigenvalue weighted by molar-refractivity contribution is -0.134. The molecule has 1 aliphatic rings. The van der Waals surface area contributed by atoms with E-state index in [1.165, 1.54) is 13.0 Å². The van der Waals surface area contributed by atoms with E-state index in [2.05, 4.69) is 0 Å². The van der Waals surface area contributed by atoms with Gasteiger partial charge in [0.1, 0.15) is 5.82 Å². The van der Waals surface area contributed by atoms with E-state index in [1.807, 2.05) is 11.8 Å². The Bertz CT molecular complexity index is 578. The number of hydrogen-bond acceptors (Lipinski definition) is 4. The van der Waals surface area contributed by atoms with Crippen molar-refractivity contribution in [3.63, 3.8) is 0 Å². The van der Waals surface area contributed by atoms with E-state index >= 15 is 0 Å². The van der Waals surface area contributed by atoms with E-state index < -0.39 is 5.82 Å². The van der Waals surface area contributed by atoms with Crippen LogP contribution in [0.15, 0.2) is 18.2 Å². The number of ketones is 1. The first-order valence-electron chi connectivity index (χ1n) is 7.48. The highest BCUT2D eigenvalue weighted by atomic mass is 35.5. The summed E-state index contributed by atoms with van der Waals surface area (Å²) in [6, 6.07) is 4.53. The molecule has 1 atom stereocenters. The molecule has 0 bridgehead atoms. The van der Waals surface area contributed by atoms with Gasteiger partial charge in [0.05, 0.1) is 5.69 Å². The average molecular weight is 380 g/mol. The maximum atomic E-state index is 14.1. The second kappa shape index (κ2) is 9.81. The number of hydrogen-bond donors (Lipinski definition) is 1. The smallest absolute Gasteiger partial charge is 0.226 e. The third kappa shape index (κ3) is 5.06. The van der Waals surface area contributed by atoms with E-state index in [9.17, 15) is 14.0 Å². The van der Waals surface area contributed by atoms with Crippen molar-refractivity contribution in [2.75, 3.05) is 37.6 Å². The SMILES string of the molecule is CC(=O)c1ccc(N2CCN(C(=O)C(C)CN)CC2)c(F)c1.Cl.Cl. The maximum Gasteiger partial charge on any atom is 0.226 e. The Morgan fingerprint density at radius 3 is 2.25 bits per heavy atom. The molecule has 1 unspecified atom stereocenters. The normalized spacial score (nSPS) is 15.2. The zero-order chi connectivity index (χ0) is 16.3. The highest BCUT2D eigenvalue weighted by Crippen LogP contribution is 2.22. The summed E-state index contributed by atoms with van der Waals surface area (Å²) in [6.07, 6.45) is 0. The van der Waals surface area contributed by atoms with Gasteiger partial charge in [0.2, 0.25) is 5.91 Å². The topological polar surface area (TPSA) is 66.6 Å². The van der Waals surface area contributed by atoms with E-state index in [0.717, 1.165) is 0 Å². The molecule has 5 nitrogen and oxygen atoms in total. The van der Waals surface area contributed by atoms with Crippen LogP contribution < -0.4 is 10.6 Å². The van der Waals surface area contributed by atoms with Crippen LogP contribution in [-0.4, -0.2) is 49.3 Å². The molecule has 136 valence electrons. The molecule has 1 aliphatic heterocycles. The van der Waals surface area contributed by atoms with Crippen molar-refractivity contribution < 1.29 is 14.0 Å². The highest BCUT2D eigenvalue weighted by molar-refractivity contribution is 5.94. The van der Waals surface area contributed by atoms with Crippen LogP contribution in [0.5, 0.6) is 0 Å². The lowest BCUT2D eigenvalue weighted by Gasteiger charge is -2.37. The molecule has 0 spiro atoms. The second-order valence-electron chi connectivity index (χ2n) is 5.67. The average Bonchev–Trinajstić information content (AvgIpc) is 2.53. The van der Waals surface area contributed by atoms with Crippen molar-refractivity contribution >= 4 is 42.2 Å². The second-order valence-corrected chi connectivity index (χ2v) is 5.67. The monoisotopic (exact) mass is 379 g/mol. The molecule has 1 fully saturated rings. The van der Waals surface area contributed by atoms with E-state index in [4.69, 9.17) is 5.73 Å². The predicted octanol–water partition coefficient (Wildman–Crippen LogP) is 2.12. The summed E-state index contributed by atoms with van der Waals surface area (Å²) in [6.45, 7) is 5.80. The third-order valence-electron chi connectivity index (χ3n) is 4.06. The van der Waals surface area contributed by atoms with Crippen LogP contribution in [0.3, 0.4) is 0 Å². The molecule has 1 amide bonds. The molecule has 2 rings (SSSR count). The standard InChI is InChI=1S/C16H22FN3O2.2ClH/c1-11(10-18)16(22)20-7-5-19(6-8-20)15-4-3-13(12(2)21)9-14(15)17;;/h3-4,9,11H,5-8,10,18H2,1-2H3;2*1H. The lowest BCUT2D eigenvalue weighted by Crippen LogP contribution is -2.51. The number of anilines is 1. The number of rotatable bonds is 4. The van der Waals surface area contributed by atoms with Crippen molar-refractivity contribution in [2.24, 2.45) is 11.7 Å². The van der Waals surface area contributed by atoms with Crippen LogP contribution in [-0.2, 0) is 4.79 Å². The number of halogens is 3. The lowest BCUT2D eigenvalue weighted by atomic mass is 10.1. The van der Waals surface area contributed by atoms with Crippen LogP contribution >= 0.6 is 24.8 Å². The minimum atomic E-state index is -0.400. The van der Waals surface area contributed by atoms with Crippen molar-refractivity contribution in [1.82, 2.24) is 4.90 Å². The zero-order valence-electron chi connectivity index (χ0n) is 13.8. The number of nitrogens with two attached hydrogens (primary N) is 1. The van der Waals surface area contributed by atoms with Gasteiger partial charge in [-0.2, -0.15) is 0 Å². The summed E-state index contributed by atoms with van der Waals surface area (Å²) in [5.74, 6) is -0.688. The Morgan fingerprint density at radius 1 is 1.21 bits per heavy atom. The van der Waals surface area contributed by atoms with Crippen molar-refractivity contribution in [2.45, 2.75) is 13.8 Å². The number of carbonyl (C=O) groups is 2. The zero-order valence-corrected chi connectivity index (χ0v) is 15.5. The summed E-state index contributed by atoms with van der Waals surface area (Å²) in [7, 11) is 0. The Hall–Kier alpha value is -1.37. The van der Waals surface area contributed by atoms with Crippen LogP contribution in [0.2, 0.25) is 0 Å². The van der Waals surface area contributed by atoms with Gasteiger partial charge in [-0.25, -0.2) is 4.39 Å². The number of piperazine rings is 1. The number of nitrogens with zero attached hydrogens (tertiary/aromatic N) is 2. The van der Waals surface area contributed by atoms with Gasteiger partial charge in [-0.1, -0.05) is 6.92 Å². The van der Waals surface area contributed by atoms with Gasteiger partial charge >= 0.3 is 0 Å². The molecule has 0 aliphatic carbocycles. The van der Waals surface area contributed by atoms with Crippen LogP contribution in [0.4, 0.5) is 10.1 Å². The largest absolute Gasteiger partial charge is 0.366 e. The number of amides is 1. The summed E-state index contributed by atoms with van der Waals surface area (Å²) >= 11 is 0. The molecule has 8 heteroatoms. The predicted molar refractivity (Wildman–Crippen MR) is 97.9 cm³/mol. The summed E-state index contributed by atoms with van der Waals surface area (Å²) in [5, 5.41) is 0. The van der Waals surface area contributed by atoms with Gasteiger partial charge in [-0.15, -0.1) is 24.8 Å². The van der Waals surface area contributed by atoms with Gasteiger partial charge in [0, 0.05) is 44.2 Å². The fraction of sp³-hybridized carbons (Fsp3) is 0.500. The molecular weight excluding hydrogens is 356 g/mol. The van der Waals surface area contributed by atoms with Crippen LogP contribution in [0.25, 0.3) is 0 Å². The number of benzene rings is 1. The molecule has 1 aromatic rings. The Morgan fingerprint density at radius 2 is 1.79 bits per heavy atom. The van der Waals surface area contributed by atoms with Gasteiger partial charge in [0.15, 0.2) is 5.78 Å². The minimum Gasteiger partial charge on any atom is -0.366 e. The molecule has 24 heavy (non-hydrogen) atoms. The first-order valence-corrected chi connectivity index (χ1v) is 7.48. The quantitative estimate of drug-likeness (QED) is 0.813. The Labute approximate surface area is 154 Å². The minimum absolute atomic E-state index is 0. The van der Waals surface area contributed by atoms with Crippen LogP contribution in [0.1, 0.15) is 24.2 Å². The van der Waals surface area contributed by atoms with Crippen molar-refractivity contribution in [1.29, 1.82) is 0 Å². The molecule has 1 aromatic carbocycles. The Kier molecular flexibility index (Phi) is 9.25. The van der Waals surface area contributed by atoms with Gasteiger partial charge in [0.25, 0.3) is 0 Å². The molecule has 2 N–H and O–H groups in total. The van der Waals surface area contributed by atoms with E-state index in [-0.39, 0.29) is 42.4 Å². The third-order valence-corrected chi connectivity index (χ3v) is 4.06. The molecule has 1 heterocycles. The van der Waals surface area contributed by atoms with E-state index in [0.29, 0.717) is 44.0 Å². The number of Topliss-reactive ketones (excluding diaryl/α,β-unsaturated/α-hetero) is 1. The van der Waals surface area contributed by atoms with Gasteiger partial charge in [-0.3, -0.25) is 9.59 Å². The molecule has 0 saturated carbocycles. The summed E-state index contributed by atoms with van der Waals surface area (Å²) in [4.78, 5) is 27.0. The molecular formula is C16H24Cl2FN3O2. The molecule has 1 saturated heterocycles. The first-order chi connectivity index (χ1) is 10.4. The molecule has 0 aromatic heterocycles. The number of carbonyl (C=O) groups excluding carboxylic acids is 2.